The fourth-order valence-electron chi connectivity index (χ4n) is 2.14. The number of hydrogen-bond acceptors (Lipinski definition) is 6. The maximum atomic E-state index is 11.1. The van der Waals surface area contributed by atoms with Crippen LogP contribution < -0.4 is 16.4 Å². The van der Waals surface area contributed by atoms with Crippen LogP contribution in [-0.2, 0) is 4.79 Å². The molecule has 0 radical (unpaired) electrons. The van der Waals surface area contributed by atoms with Gasteiger partial charge in [-0.2, -0.15) is 0 Å². The number of carbonyl (C=O) groups excluding carboxylic acids is 1. The standard InChI is InChI=1S/C18H17N5OS/c1-12(24)22-13-7-9-14(10-8-13)23-17-16(19)18(21-11-20-17)25-15-5-3-2-4-6-15/h2-11H,19H2,1H3,(H,22,24)(H,20,21,23). The first-order chi connectivity index (χ1) is 12.1. The third-order valence-electron chi connectivity index (χ3n) is 3.27. The van der Waals surface area contributed by atoms with Gasteiger partial charge in [0.15, 0.2) is 5.82 Å². The SMILES string of the molecule is CC(=O)Nc1ccc(Nc2ncnc(Sc3ccccc3)c2N)cc1. The Hall–Kier alpha value is -3.06. The minimum absolute atomic E-state index is 0.108. The van der Waals surface area contributed by atoms with Crippen LogP contribution in [-0.4, -0.2) is 15.9 Å². The number of nitrogens with one attached hydrogen (secondary N) is 2. The van der Waals surface area contributed by atoms with Crippen LogP contribution in [0.2, 0.25) is 0 Å². The van der Waals surface area contributed by atoms with Crippen molar-refractivity contribution in [2.75, 3.05) is 16.4 Å². The lowest BCUT2D eigenvalue weighted by Gasteiger charge is -2.11. The van der Waals surface area contributed by atoms with E-state index in [1.807, 2.05) is 42.5 Å². The Kier molecular flexibility index (Phi) is 5.15. The highest BCUT2D eigenvalue weighted by Crippen LogP contribution is 2.33. The summed E-state index contributed by atoms with van der Waals surface area (Å²) in [7, 11) is 0. The van der Waals surface area contributed by atoms with Crippen molar-refractivity contribution in [2.45, 2.75) is 16.8 Å². The average molecular weight is 351 g/mol. The molecule has 6 nitrogen and oxygen atoms in total. The van der Waals surface area contributed by atoms with Crippen molar-refractivity contribution in [2.24, 2.45) is 0 Å². The van der Waals surface area contributed by atoms with E-state index < -0.39 is 0 Å². The van der Waals surface area contributed by atoms with Gasteiger partial charge >= 0.3 is 0 Å². The van der Waals surface area contributed by atoms with E-state index in [9.17, 15) is 4.79 Å². The third kappa shape index (κ3) is 4.48. The molecule has 1 aromatic heterocycles. The van der Waals surface area contributed by atoms with Crippen LogP contribution in [0.4, 0.5) is 22.9 Å². The van der Waals surface area contributed by atoms with E-state index in [0.29, 0.717) is 16.5 Å². The van der Waals surface area contributed by atoms with Crippen LogP contribution in [0.15, 0.2) is 70.8 Å². The molecule has 4 N–H and O–H groups in total. The molecule has 0 spiro atoms. The van der Waals surface area contributed by atoms with E-state index in [1.54, 1.807) is 12.1 Å². The van der Waals surface area contributed by atoms with E-state index in [0.717, 1.165) is 16.3 Å². The minimum Gasteiger partial charge on any atom is -0.394 e. The lowest BCUT2D eigenvalue weighted by atomic mass is 10.2. The third-order valence-corrected chi connectivity index (χ3v) is 4.30. The van der Waals surface area contributed by atoms with Crippen LogP contribution in [0, 0.1) is 0 Å². The number of nitrogen functional groups attached to an aromatic ring is 1. The molecule has 1 heterocycles. The molecule has 0 unspecified atom stereocenters. The number of anilines is 4. The molecule has 0 atom stereocenters. The van der Waals surface area contributed by atoms with Gasteiger partial charge in [0.2, 0.25) is 5.91 Å². The van der Waals surface area contributed by atoms with Gasteiger partial charge in [-0.25, -0.2) is 9.97 Å². The number of benzene rings is 2. The number of nitrogens with zero attached hydrogens (tertiary/aromatic N) is 2. The molecular formula is C18H17N5OS. The second-order valence-electron chi connectivity index (χ2n) is 5.24. The van der Waals surface area contributed by atoms with Crippen molar-refractivity contribution in [3.8, 4) is 0 Å². The van der Waals surface area contributed by atoms with E-state index in [2.05, 4.69) is 20.6 Å². The molecule has 3 rings (SSSR count). The molecule has 25 heavy (non-hydrogen) atoms. The van der Waals surface area contributed by atoms with Gasteiger partial charge in [0.25, 0.3) is 0 Å². The zero-order chi connectivity index (χ0) is 17.6. The molecule has 0 saturated heterocycles. The first-order valence-electron chi connectivity index (χ1n) is 7.60. The average Bonchev–Trinajstić information content (AvgIpc) is 2.60. The number of nitrogens with two attached hydrogens (primary N) is 1. The molecule has 0 fully saturated rings. The Balaban J connectivity index is 1.76. The molecular weight excluding hydrogens is 334 g/mol. The monoisotopic (exact) mass is 351 g/mol. The highest BCUT2D eigenvalue weighted by molar-refractivity contribution is 7.99. The maximum Gasteiger partial charge on any atom is 0.221 e. The summed E-state index contributed by atoms with van der Waals surface area (Å²) in [4.78, 5) is 20.6. The number of amides is 1. The van der Waals surface area contributed by atoms with E-state index >= 15 is 0 Å². The molecule has 7 heteroatoms. The van der Waals surface area contributed by atoms with Crippen molar-refractivity contribution >= 4 is 40.5 Å². The van der Waals surface area contributed by atoms with E-state index in [1.165, 1.54) is 25.0 Å². The maximum absolute atomic E-state index is 11.1. The van der Waals surface area contributed by atoms with Gasteiger partial charge in [-0.1, -0.05) is 30.0 Å². The van der Waals surface area contributed by atoms with Gasteiger partial charge in [0.05, 0.1) is 0 Å². The Labute approximate surface area is 149 Å². The summed E-state index contributed by atoms with van der Waals surface area (Å²) in [6, 6.07) is 17.2. The number of rotatable bonds is 5. The summed E-state index contributed by atoms with van der Waals surface area (Å²) in [5.74, 6) is 0.434. The van der Waals surface area contributed by atoms with Crippen molar-refractivity contribution in [1.82, 2.24) is 9.97 Å². The van der Waals surface area contributed by atoms with Crippen LogP contribution in [0.1, 0.15) is 6.92 Å². The summed E-state index contributed by atoms with van der Waals surface area (Å²) in [5, 5.41) is 6.59. The van der Waals surface area contributed by atoms with Crippen molar-refractivity contribution in [3.05, 3.63) is 60.9 Å². The van der Waals surface area contributed by atoms with Gasteiger partial charge < -0.3 is 16.4 Å². The molecule has 2 aromatic carbocycles. The van der Waals surface area contributed by atoms with Crippen molar-refractivity contribution < 1.29 is 4.79 Å². The van der Waals surface area contributed by atoms with Crippen molar-refractivity contribution in [3.63, 3.8) is 0 Å². The molecule has 0 aliphatic carbocycles. The zero-order valence-electron chi connectivity index (χ0n) is 13.6. The van der Waals surface area contributed by atoms with Gasteiger partial charge in [-0.15, -0.1) is 0 Å². The summed E-state index contributed by atoms with van der Waals surface area (Å²) in [6.07, 6.45) is 1.48. The first kappa shape index (κ1) is 16.8. The fraction of sp³-hybridized carbons (Fsp3) is 0.0556. The molecule has 0 aliphatic rings. The van der Waals surface area contributed by atoms with Crippen LogP contribution in [0.3, 0.4) is 0 Å². The fourth-order valence-corrected chi connectivity index (χ4v) is 2.96. The summed E-state index contributed by atoms with van der Waals surface area (Å²) in [6.45, 7) is 1.47. The predicted molar refractivity (Wildman–Crippen MR) is 101 cm³/mol. The molecule has 0 bridgehead atoms. The first-order valence-corrected chi connectivity index (χ1v) is 8.41. The summed E-state index contributed by atoms with van der Waals surface area (Å²) in [5.41, 5.74) is 8.24. The van der Waals surface area contributed by atoms with E-state index in [-0.39, 0.29) is 5.91 Å². The lowest BCUT2D eigenvalue weighted by molar-refractivity contribution is -0.114. The Morgan fingerprint density at radius 2 is 1.68 bits per heavy atom. The van der Waals surface area contributed by atoms with Crippen LogP contribution >= 0.6 is 11.8 Å². The minimum atomic E-state index is -0.108. The Morgan fingerprint density at radius 1 is 1.00 bits per heavy atom. The molecule has 0 aliphatic heterocycles. The molecule has 1 amide bonds. The van der Waals surface area contributed by atoms with Crippen LogP contribution in [0.25, 0.3) is 0 Å². The number of hydrogen-bond donors (Lipinski definition) is 3. The summed E-state index contributed by atoms with van der Waals surface area (Å²) < 4.78 is 0. The highest BCUT2D eigenvalue weighted by atomic mass is 32.2. The second kappa shape index (κ2) is 7.67. The normalized spacial score (nSPS) is 10.3. The lowest BCUT2D eigenvalue weighted by Crippen LogP contribution is -2.06. The quantitative estimate of drug-likeness (QED) is 0.604. The van der Waals surface area contributed by atoms with Crippen LogP contribution in [0.5, 0.6) is 0 Å². The number of carbonyl (C=O) groups is 1. The van der Waals surface area contributed by atoms with Gasteiger partial charge in [0.1, 0.15) is 17.0 Å². The van der Waals surface area contributed by atoms with Gasteiger partial charge in [-0.3, -0.25) is 4.79 Å². The smallest absolute Gasteiger partial charge is 0.221 e. The topological polar surface area (TPSA) is 92.9 Å². The molecule has 3 aromatic rings. The number of aromatic nitrogens is 2. The Bertz CT molecular complexity index is 868. The largest absolute Gasteiger partial charge is 0.394 e. The predicted octanol–water partition coefficient (Wildman–Crippen LogP) is 3.91. The Morgan fingerprint density at radius 3 is 2.36 bits per heavy atom. The van der Waals surface area contributed by atoms with E-state index in [4.69, 9.17) is 5.73 Å². The highest BCUT2D eigenvalue weighted by Gasteiger charge is 2.10. The second-order valence-corrected chi connectivity index (χ2v) is 6.30. The van der Waals surface area contributed by atoms with Gasteiger partial charge in [-0.05, 0) is 36.4 Å². The van der Waals surface area contributed by atoms with Crippen molar-refractivity contribution in [1.29, 1.82) is 0 Å². The zero-order valence-corrected chi connectivity index (χ0v) is 14.4. The van der Waals surface area contributed by atoms with Gasteiger partial charge in [0, 0.05) is 23.2 Å². The molecule has 0 saturated carbocycles. The summed E-state index contributed by atoms with van der Waals surface area (Å²) >= 11 is 1.48. The molecule has 126 valence electrons.